The highest BCUT2D eigenvalue weighted by Crippen LogP contribution is 2.38. The smallest absolute Gasteiger partial charge is 0.245 e. The summed E-state index contributed by atoms with van der Waals surface area (Å²) in [7, 11) is 2.03. The molecule has 4 aromatic rings. The molecule has 8 nitrogen and oxygen atoms in total. The van der Waals surface area contributed by atoms with Gasteiger partial charge in [-0.25, -0.2) is 14.4 Å². The van der Waals surface area contributed by atoms with Crippen LogP contribution in [0.4, 0.5) is 10.3 Å². The number of thiazole rings is 1. The Bertz CT molecular complexity index is 1210. The summed E-state index contributed by atoms with van der Waals surface area (Å²) in [5.74, 6) is 0.231. The van der Waals surface area contributed by atoms with Crippen molar-refractivity contribution in [3.05, 3.63) is 36.0 Å². The van der Waals surface area contributed by atoms with Crippen LogP contribution in [0.1, 0.15) is 25.7 Å². The summed E-state index contributed by atoms with van der Waals surface area (Å²) < 4.78 is 15.9. The molecule has 2 bridgehead atoms. The third-order valence-electron chi connectivity index (χ3n) is 6.48. The molecule has 0 aliphatic carbocycles. The fourth-order valence-corrected chi connectivity index (χ4v) is 5.73. The van der Waals surface area contributed by atoms with Crippen molar-refractivity contribution in [1.29, 1.82) is 0 Å². The standard InChI is InChI=1S/C21H21FN8S/c1-30(14-4-12-2-3-13(5-14)27-12)21-23-9-17(28-29-21)15-6-16(22)18(11-7-25-26-8-11)19-20(15)31-10-24-19/h6-10,12-14,27H,2-5H2,1H3,(H,25,26)/t12-,13+,14?. The summed E-state index contributed by atoms with van der Waals surface area (Å²) in [6.45, 7) is 0. The van der Waals surface area contributed by atoms with Crippen LogP contribution in [0.3, 0.4) is 0 Å². The maximum Gasteiger partial charge on any atom is 0.245 e. The summed E-state index contributed by atoms with van der Waals surface area (Å²) in [4.78, 5) is 11.1. The van der Waals surface area contributed by atoms with Crippen LogP contribution in [0.5, 0.6) is 0 Å². The Morgan fingerprint density at radius 1 is 1.13 bits per heavy atom. The molecule has 5 heterocycles. The Morgan fingerprint density at radius 2 is 1.97 bits per heavy atom. The number of aromatic nitrogens is 6. The van der Waals surface area contributed by atoms with Crippen molar-refractivity contribution in [2.24, 2.45) is 0 Å². The van der Waals surface area contributed by atoms with E-state index in [-0.39, 0.29) is 5.82 Å². The average molecular weight is 437 g/mol. The molecule has 2 aliphatic rings. The van der Waals surface area contributed by atoms with Gasteiger partial charge >= 0.3 is 0 Å². The van der Waals surface area contributed by atoms with E-state index in [0.717, 1.165) is 17.5 Å². The predicted octanol–water partition coefficient (Wildman–Crippen LogP) is 3.40. The molecule has 0 radical (unpaired) electrons. The fraction of sp³-hybridized carbons (Fsp3) is 0.381. The Labute approximate surface area is 181 Å². The zero-order valence-electron chi connectivity index (χ0n) is 16.9. The van der Waals surface area contributed by atoms with Gasteiger partial charge < -0.3 is 10.2 Å². The number of nitrogens with one attached hydrogen (secondary N) is 2. The molecule has 1 aromatic carbocycles. The first kappa shape index (κ1) is 18.8. The average Bonchev–Trinajstić information content (AvgIpc) is 3.55. The molecule has 3 aromatic heterocycles. The molecule has 1 unspecified atom stereocenters. The van der Waals surface area contributed by atoms with Gasteiger partial charge in [-0.05, 0) is 31.7 Å². The number of nitrogens with zero attached hydrogens (tertiary/aromatic N) is 6. The zero-order chi connectivity index (χ0) is 20.9. The van der Waals surface area contributed by atoms with E-state index >= 15 is 4.39 Å². The molecule has 158 valence electrons. The van der Waals surface area contributed by atoms with Gasteiger partial charge in [0, 0.05) is 48.1 Å². The van der Waals surface area contributed by atoms with Crippen LogP contribution in [-0.4, -0.2) is 55.5 Å². The van der Waals surface area contributed by atoms with Crippen LogP contribution in [0, 0.1) is 5.82 Å². The lowest BCUT2D eigenvalue weighted by molar-refractivity contribution is 0.352. The second-order valence-electron chi connectivity index (χ2n) is 8.32. The molecule has 2 N–H and O–H groups in total. The quantitative estimate of drug-likeness (QED) is 0.506. The van der Waals surface area contributed by atoms with Crippen molar-refractivity contribution in [2.75, 3.05) is 11.9 Å². The van der Waals surface area contributed by atoms with Gasteiger partial charge in [-0.15, -0.1) is 21.5 Å². The molecule has 31 heavy (non-hydrogen) atoms. The number of rotatable bonds is 4. The molecule has 2 saturated heterocycles. The maximum absolute atomic E-state index is 15.1. The highest BCUT2D eigenvalue weighted by Gasteiger charge is 2.35. The summed E-state index contributed by atoms with van der Waals surface area (Å²) in [6, 6.07) is 3.08. The second kappa shape index (κ2) is 7.31. The van der Waals surface area contributed by atoms with E-state index < -0.39 is 0 Å². The number of hydrogen-bond donors (Lipinski definition) is 2. The summed E-state index contributed by atoms with van der Waals surface area (Å²) in [6.07, 6.45) is 9.63. The number of fused-ring (bicyclic) bond motifs is 3. The number of H-pyrrole nitrogens is 1. The molecular weight excluding hydrogens is 415 g/mol. The first-order chi connectivity index (χ1) is 15.2. The Balaban J connectivity index is 1.33. The van der Waals surface area contributed by atoms with Crippen LogP contribution < -0.4 is 10.2 Å². The molecule has 10 heteroatoms. The number of halogens is 1. The Hall–Kier alpha value is -2.98. The van der Waals surface area contributed by atoms with Gasteiger partial charge in [0.1, 0.15) is 11.5 Å². The number of aromatic amines is 1. The number of benzene rings is 1. The lowest BCUT2D eigenvalue weighted by Crippen LogP contribution is -2.47. The molecule has 0 amide bonds. The molecule has 6 rings (SSSR count). The maximum atomic E-state index is 15.1. The van der Waals surface area contributed by atoms with Crippen molar-refractivity contribution in [2.45, 2.75) is 43.8 Å². The number of anilines is 1. The normalized spacial score (nSPS) is 22.8. The Kier molecular flexibility index (Phi) is 4.43. The largest absolute Gasteiger partial charge is 0.339 e. The predicted molar refractivity (Wildman–Crippen MR) is 117 cm³/mol. The fourth-order valence-electron chi connectivity index (χ4n) is 4.91. The molecular formula is C21H21FN8S. The molecule has 2 aliphatic heterocycles. The van der Waals surface area contributed by atoms with E-state index in [0.29, 0.717) is 52.0 Å². The van der Waals surface area contributed by atoms with E-state index in [2.05, 4.69) is 40.6 Å². The zero-order valence-corrected chi connectivity index (χ0v) is 17.7. The highest BCUT2D eigenvalue weighted by molar-refractivity contribution is 7.17. The number of hydrogen-bond acceptors (Lipinski definition) is 8. The monoisotopic (exact) mass is 436 g/mol. The van der Waals surface area contributed by atoms with Crippen molar-refractivity contribution < 1.29 is 4.39 Å². The molecule has 0 spiro atoms. The van der Waals surface area contributed by atoms with E-state index in [1.165, 1.54) is 30.2 Å². The number of piperidine rings is 1. The van der Waals surface area contributed by atoms with E-state index in [9.17, 15) is 0 Å². The minimum absolute atomic E-state index is 0.372. The molecule has 0 saturated carbocycles. The van der Waals surface area contributed by atoms with Crippen LogP contribution in [0.25, 0.3) is 32.6 Å². The van der Waals surface area contributed by atoms with E-state index in [4.69, 9.17) is 0 Å². The van der Waals surface area contributed by atoms with Gasteiger partial charge in [0.05, 0.1) is 28.1 Å². The van der Waals surface area contributed by atoms with Crippen LogP contribution in [0.15, 0.2) is 30.2 Å². The molecule has 2 fully saturated rings. The van der Waals surface area contributed by atoms with E-state index in [1.807, 2.05) is 7.05 Å². The van der Waals surface area contributed by atoms with Gasteiger partial charge in [0.15, 0.2) is 0 Å². The summed E-state index contributed by atoms with van der Waals surface area (Å²) in [5.41, 5.74) is 4.59. The van der Waals surface area contributed by atoms with Gasteiger partial charge in [-0.2, -0.15) is 5.10 Å². The van der Waals surface area contributed by atoms with Gasteiger partial charge in [-0.3, -0.25) is 5.10 Å². The van der Waals surface area contributed by atoms with Crippen LogP contribution in [0.2, 0.25) is 0 Å². The van der Waals surface area contributed by atoms with Crippen LogP contribution in [-0.2, 0) is 0 Å². The molecule has 3 atom stereocenters. The third-order valence-corrected chi connectivity index (χ3v) is 7.34. The Morgan fingerprint density at radius 3 is 2.68 bits per heavy atom. The van der Waals surface area contributed by atoms with Gasteiger partial charge in [0.2, 0.25) is 5.95 Å². The SMILES string of the molecule is CN(c1ncc(-c2cc(F)c(-c3cn[nH]c3)c3ncsc23)nn1)C1C[C@H]2CC[C@@H](C1)N2. The lowest BCUT2D eigenvalue weighted by atomic mass is 9.99. The highest BCUT2D eigenvalue weighted by atomic mass is 32.1. The second-order valence-corrected chi connectivity index (χ2v) is 9.17. The minimum atomic E-state index is -0.372. The van der Waals surface area contributed by atoms with Gasteiger partial charge in [0.25, 0.3) is 0 Å². The van der Waals surface area contributed by atoms with Crippen LogP contribution >= 0.6 is 11.3 Å². The van der Waals surface area contributed by atoms with Crippen molar-refractivity contribution >= 4 is 27.5 Å². The topological polar surface area (TPSA) is 95.5 Å². The first-order valence-electron chi connectivity index (χ1n) is 10.4. The van der Waals surface area contributed by atoms with Gasteiger partial charge in [-0.1, -0.05) is 0 Å². The van der Waals surface area contributed by atoms with Crippen molar-refractivity contribution in [3.63, 3.8) is 0 Å². The first-order valence-corrected chi connectivity index (χ1v) is 11.3. The minimum Gasteiger partial charge on any atom is -0.339 e. The van der Waals surface area contributed by atoms with Crippen molar-refractivity contribution in [1.82, 2.24) is 35.7 Å². The summed E-state index contributed by atoms with van der Waals surface area (Å²) in [5, 5.41) is 19.1. The van der Waals surface area contributed by atoms with E-state index in [1.54, 1.807) is 24.1 Å². The third kappa shape index (κ3) is 3.17. The lowest BCUT2D eigenvalue weighted by Gasteiger charge is -2.35. The summed E-state index contributed by atoms with van der Waals surface area (Å²) >= 11 is 1.45. The van der Waals surface area contributed by atoms with Crippen molar-refractivity contribution in [3.8, 4) is 22.4 Å².